The van der Waals surface area contributed by atoms with Crippen molar-refractivity contribution in [2.45, 2.75) is 5.66 Å². The van der Waals surface area contributed by atoms with Gasteiger partial charge in [-0.2, -0.15) is 35.0 Å². The molecule has 0 bridgehead atoms. The second kappa shape index (κ2) is 8.78. The van der Waals surface area contributed by atoms with Crippen molar-refractivity contribution in [3.05, 3.63) is 89.7 Å². The molecule has 0 aliphatic carbocycles. The minimum Gasteiger partial charge on any atom is -0.361 e. The Morgan fingerprint density at radius 3 is 2.45 bits per heavy atom. The minimum atomic E-state index is -1.31. The molecule has 0 saturated carbocycles. The molecule has 1 saturated heterocycles. The molecule has 1 aliphatic heterocycles. The molecule has 7 aromatic heterocycles. The molecule has 5 N–H and O–H groups in total. The van der Waals surface area contributed by atoms with Gasteiger partial charge in [0, 0.05) is 47.8 Å². The molecule has 8 heterocycles. The summed E-state index contributed by atoms with van der Waals surface area (Å²) >= 11 is 2.80. The van der Waals surface area contributed by atoms with E-state index in [2.05, 4.69) is 40.7 Å². The first kappa shape index (κ1) is 22.5. The Morgan fingerprint density at radius 1 is 0.800 bits per heavy atom. The predicted octanol–water partition coefficient (Wildman–Crippen LogP) is 2.87. The lowest BCUT2D eigenvalue weighted by molar-refractivity contribution is 0.491. The molecule has 0 radical (unpaired) electrons. The lowest BCUT2D eigenvalue weighted by Gasteiger charge is -2.39. The molecular weight excluding hydrogens is 552 g/mol. The summed E-state index contributed by atoms with van der Waals surface area (Å²) in [5.41, 5.74) is 1.20. The number of imidazole rings is 1. The van der Waals surface area contributed by atoms with Crippen molar-refractivity contribution in [2.24, 2.45) is 0 Å². The van der Waals surface area contributed by atoms with Crippen LogP contribution in [-0.2, 0) is 5.66 Å². The van der Waals surface area contributed by atoms with Gasteiger partial charge < -0.3 is 9.97 Å². The van der Waals surface area contributed by atoms with E-state index in [-0.39, 0.29) is 0 Å². The zero-order valence-corrected chi connectivity index (χ0v) is 21.9. The van der Waals surface area contributed by atoms with Crippen molar-refractivity contribution < 1.29 is 0 Å². The molecule has 198 valence electrons. The van der Waals surface area contributed by atoms with Gasteiger partial charge in [-0.05, 0) is 35.8 Å². The summed E-state index contributed by atoms with van der Waals surface area (Å²) in [5, 5.41) is 39.1. The number of rotatable bonds is 7. The lowest BCUT2D eigenvalue weighted by Crippen LogP contribution is -2.56. The van der Waals surface area contributed by atoms with Crippen LogP contribution in [0.3, 0.4) is 0 Å². The van der Waals surface area contributed by atoms with E-state index in [1.54, 1.807) is 31.0 Å². The van der Waals surface area contributed by atoms with Gasteiger partial charge in [0.2, 0.25) is 16.7 Å². The van der Waals surface area contributed by atoms with Crippen LogP contribution >= 0.6 is 22.9 Å². The maximum Gasteiger partial charge on any atom is 0.246 e. The van der Waals surface area contributed by atoms with Crippen LogP contribution in [0.15, 0.2) is 78.3 Å². The number of hydrogen-bond acceptors (Lipinski definition) is 13. The van der Waals surface area contributed by atoms with Crippen LogP contribution in [-0.4, -0.2) is 60.1 Å². The summed E-state index contributed by atoms with van der Waals surface area (Å²) in [6.07, 6.45) is 10.4. The SMILES string of the molecule is c1c[nH]c(C2(c3n[nH]nc3-c3ccn[nH]3)N(c3ccsn3)N(c3nccs3)N(c3ccn[nH]3)N2c2ncc[nH]2)c1. The van der Waals surface area contributed by atoms with E-state index in [0.29, 0.717) is 39.8 Å². The zero-order valence-electron chi connectivity index (χ0n) is 20.2. The number of aromatic nitrogens is 12. The van der Waals surface area contributed by atoms with Crippen LogP contribution in [0, 0.1) is 0 Å². The van der Waals surface area contributed by atoms with E-state index in [4.69, 9.17) is 19.4 Å². The van der Waals surface area contributed by atoms with E-state index in [0.717, 1.165) is 5.69 Å². The maximum atomic E-state index is 4.80. The number of nitrogens with one attached hydrogen (secondary N) is 5. The van der Waals surface area contributed by atoms with Gasteiger partial charge >= 0.3 is 0 Å². The highest BCUT2D eigenvalue weighted by Crippen LogP contribution is 2.52. The number of hydrazine groups is 3. The number of aromatic amines is 5. The largest absolute Gasteiger partial charge is 0.361 e. The Labute approximate surface area is 232 Å². The molecule has 16 nitrogen and oxygen atoms in total. The highest BCUT2D eigenvalue weighted by atomic mass is 32.1. The Morgan fingerprint density at radius 2 is 1.75 bits per heavy atom. The monoisotopic (exact) mass is 570 g/mol. The fourth-order valence-corrected chi connectivity index (χ4v) is 6.04. The summed E-state index contributed by atoms with van der Waals surface area (Å²) in [7, 11) is 0. The fraction of sp³-hybridized carbons (Fsp3) is 0.0455. The number of nitrogens with zero attached hydrogens (tertiary/aromatic N) is 11. The Kier molecular flexibility index (Phi) is 4.94. The second-order valence-electron chi connectivity index (χ2n) is 8.48. The van der Waals surface area contributed by atoms with Crippen LogP contribution in [0.5, 0.6) is 0 Å². The first-order chi connectivity index (χ1) is 19.9. The van der Waals surface area contributed by atoms with E-state index < -0.39 is 5.66 Å². The van der Waals surface area contributed by atoms with Gasteiger partial charge in [-0.15, -0.1) is 21.6 Å². The van der Waals surface area contributed by atoms with Crippen molar-refractivity contribution in [1.82, 2.24) is 60.1 Å². The standard InChI is InChI=1S/C22H18N16S2/c1-2-15(23-6-1)22(19-18(31-34-32-19)14-3-7-27-29-14)35(17-5-12-40-33-17)38(21-26-11-13-39-21)37(16-4-8-28-30-16)36(22)20-24-9-10-25-20/h1-13,23H,(H,24,25)(H,27,29)(H,28,30)(H,31,32,34). The summed E-state index contributed by atoms with van der Waals surface area (Å²) < 4.78 is 4.80. The smallest absolute Gasteiger partial charge is 0.246 e. The van der Waals surface area contributed by atoms with E-state index >= 15 is 0 Å². The summed E-state index contributed by atoms with van der Waals surface area (Å²) in [6, 6.07) is 9.56. The highest BCUT2D eigenvalue weighted by molar-refractivity contribution is 7.13. The minimum absolute atomic E-state index is 0.502. The van der Waals surface area contributed by atoms with Crippen molar-refractivity contribution in [2.75, 3.05) is 20.3 Å². The predicted molar refractivity (Wildman–Crippen MR) is 147 cm³/mol. The molecule has 0 spiro atoms. The summed E-state index contributed by atoms with van der Waals surface area (Å²) in [5.74, 6) is 1.76. The van der Waals surface area contributed by atoms with E-state index in [1.807, 2.05) is 67.5 Å². The molecule has 18 heteroatoms. The first-order valence-electron chi connectivity index (χ1n) is 11.9. The van der Waals surface area contributed by atoms with Crippen LogP contribution < -0.4 is 20.3 Å². The van der Waals surface area contributed by atoms with Crippen molar-refractivity contribution in [1.29, 1.82) is 0 Å². The van der Waals surface area contributed by atoms with Gasteiger partial charge in [-0.3, -0.25) is 10.2 Å². The van der Waals surface area contributed by atoms with Crippen LogP contribution in [0.25, 0.3) is 11.4 Å². The molecule has 7 aromatic rings. The van der Waals surface area contributed by atoms with E-state index in [9.17, 15) is 0 Å². The van der Waals surface area contributed by atoms with Gasteiger partial charge in [-0.25, -0.2) is 15.0 Å². The molecule has 40 heavy (non-hydrogen) atoms. The molecule has 1 atom stereocenters. The second-order valence-corrected chi connectivity index (χ2v) is 10.0. The average Bonchev–Trinajstić information content (AvgIpc) is 3.85. The van der Waals surface area contributed by atoms with Gasteiger partial charge in [0.1, 0.15) is 11.4 Å². The average molecular weight is 571 g/mol. The number of H-pyrrole nitrogens is 5. The number of thiazole rings is 1. The van der Waals surface area contributed by atoms with Crippen LogP contribution in [0.4, 0.5) is 22.7 Å². The zero-order chi connectivity index (χ0) is 26.5. The quantitative estimate of drug-likeness (QED) is 0.190. The van der Waals surface area contributed by atoms with Crippen molar-refractivity contribution in [3.63, 3.8) is 0 Å². The third kappa shape index (κ3) is 3.07. The molecule has 1 aliphatic rings. The molecular formula is C22H18N16S2. The molecule has 0 amide bonds. The Bertz CT molecular complexity index is 1690. The normalized spacial score (nSPS) is 17.4. The topological polar surface area (TPSA) is 182 Å². The van der Waals surface area contributed by atoms with Crippen LogP contribution in [0.1, 0.15) is 11.4 Å². The number of hydrogen-bond donors (Lipinski definition) is 5. The Hall–Kier alpha value is -5.49. The molecule has 1 fully saturated rings. The molecule has 1 unspecified atom stereocenters. The summed E-state index contributed by atoms with van der Waals surface area (Å²) in [6.45, 7) is 0. The fourth-order valence-electron chi connectivity index (χ4n) is 4.93. The third-order valence-electron chi connectivity index (χ3n) is 6.40. The highest BCUT2D eigenvalue weighted by Gasteiger charge is 2.65. The van der Waals surface area contributed by atoms with Crippen molar-refractivity contribution >= 4 is 45.6 Å². The molecule has 0 aromatic carbocycles. The van der Waals surface area contributed by atoms with Gasteiger partial charge in [0.25, 0.3) is 0 Å². The third-order valence-corrected chi connectivity index (χ3v) is 7.68. The number of anilines is 4. The van der Waals surface area contributed by atoms with Crippen LogP contribution in [0.2, 0.25) is 0 Å². The van der Waals surface area contributed by atoms with Crippen molar-refractivity contribution in [3.8, 4) is 11.4 Å². The first-order valence-corrected chi connectivity index (χ1v) is 13.6. The maximum absolute atomic E-state index is 4.80. The summed E-state index contributed by atoms with van der Waals surface area (Å²) in [4.78, 5) is 16.2. The molecule has 8 rings (SSSR count). The lowest BCUT2D eigenvalue weighted by atomic mass is 9.97. The van der Waals surface area contributed by atoms with Gasteiger partial charge in [0.05, 0.1) is 17.6 Å². The van der Waals surface area contributed by atoms with Gasteiger partial charge in [0.15, 0.2) is 11.6 Å². The van der Waals surface area contributed by atoms with E-state index in [1.165, 1.54) is 22.9 Å². The Balaban J connectivity index is 1.54. The van der Waals surface area contributed by atoms with Gasteiger partial charge in [-0.1, -0.05) is 0 Å².